The van der Waals surface area contributed by atoms with Gasteiger partial charge in [0.2, 0.25) is 5.91 Å². The molecule has 0 aliphatic carbocycles. The number of hydrogen-bond donors (Lipinski definition) is 1. The van der Waals surface area contributed by atoms with E-state index in [4.69, 9.17) is 11.6 Å². The molecule has 0 saturated carbocycles. The summed E-state index contributed by atoms with van der Waals surface area (Å²) in [5.74, 6) is -0.773. The first-order valence-electron chi connectivity index (χ1n) is 6.90. The number of para-hydroxylation sites is 2. The minimum atomic E-state index is -4.76. The Morgan fingerprint density at radius 2 is 2.00 bits per heavy atom. The average molecular weight is 377 g/mol. The quantitative estimate of drug-likeness (QED) is 0.645. The smallest absolute Gasteiger partial charge is 0.319 e. The van der Waals surface area contributed by atoms with Gasteiger partial charge in [0.1, 0.15) is 11.7 Å². The summed E-state index contributed by atoms with van der Waals surface area (Å²) < 4.78 is 39.4. The van der Waals surface area contributed by atoms with Crippen LogP contribution in [0.2, 0.25) is 5.02 Å². The topological polar surface area (TPSA) is 90.1 Å². The largest absolute Gasteiger partial charge is 0.436 e. The van der Waals surface area contributed by atoms with Crippen molar-refractivity contribution < 1.29 is 22.9 Å². The fourth-order valence-electron chi connectivity index (χ4n) is 2.14. The number of carbonyl (C=O) groups is 1. The molecular weight excluding hydrogens is 365 g/mol. The monoisotopic (exact) mass is 376 g/mol. The zero-order valence-electron chi connectivity index (χ0n) is 13.0. The molecule has 0 aliphatic rings. The molecule has 0 fully saturated rings. The Bertz CT molecular complexity index is 835. The molecule has 25 heavy (non-hydrogen) atoms. The second-order valence-corrected chi connectivity index (χ2v) is 5.51. The molecule has 0 aliphatic heterocycles. The zero-order valence-corrected chi connectivity index (χ0v) is 13.7. The van der Waals surface area contributed by atoms with Gasteiger partial charge < -0.3 is 5.32 Å². The highest BCUT2D eigenvalue weighted by Crippen LogP contribution is 2.36. The molecule has 0 spiro atoms. The normalized spacial score (nSPS) is 12.7. The standard InChI is InChI=1S/C14H12ClF3N4O3/c1-7-11(15)12(14(16,17)18)20-21(7)8(2)13(23)19-9-5-3-4-6-10(9)22(24)25/h3-6,8H,1-2H3,(H,19,23). The van der Waals surface area contributed by atoms with Gasteiger partial charge in [-0.15, -0.1) is 0 Å². The number of nitrogens with one attached hydrogen (secondary N) is 1. The summed E-state index contributed by atoms with van der Waals surface area (Å²) in [6, 6.07) is 4.23. The molecule has 1 heterocycles. The van der Waals surface area contributed by atoms with Crippen LogP contribution in [-0.2, 0) is 11.0 Å². The Morgan fingerprint density at radius 1 is 1.40 bits per heavy atom. The molecule has 2 aromatic rings. The number of rotatable bonds is 4. The number of halogens is 4. The van der Waals surface area contributed by atoms with Crippen LogP contribution < -0.4 is 5.32 Å². The Balaban J connectivity index is 2.32. The second kappa shape index (κ2) is 6.71. The maximum Gasteiger partial charge on any atom is 0.436 e. The molecule has 1 aromatic carbocycles. The molecule has 1 amide bonds. The summed E-state index contributed by atoms with van der Waals surface area (Å²) in [6.07, 6.45) is -4.76. The SMILES string of the molecule is Cc1c(Cl)c(C(F)(F)F)nn1C(C)C(=O)Nc1ccccc1[N+](=O)[O-]. The molecule has 1 unspecified atom stereocenters. The van der Waals surface area contributed by atoms with Gasteiger partial charge in [0.05, 0.1) is 15.6 Å². The Kier molecular flexibility index (Phi) is 5.02. The zero-order chi connectivity index (χ0) is 18.9. The first kappa shape index (κ1) is 18.7. The fourth-order valence-corrected chi connectivity index (χ4v) is 2.38. The number of nitro benzene ring substituents is 1. The number of benzene rings is 1. The van der Waals surface area contributed by atoms with E-state index in [0.29, 0.717) is 0 Å². The lowest BCUT2D eigenvalue weighted by Crippen LogP contribution is -2.26. The number of alkyl halides is 3. The number of nitrogens with zero attached hydrogens (tertiary/aromatic N) is 3. The molecule has 0 saturated heterocycles. The van der Waals surface area contributed by atoms with Gasteiger partial charge in [-0.05, 0) is 19.9 Å². The van der Waals surface area contributed by atoms with Crippen molar-refractivity contribution in [1.82, 2.24) is 9.78 Å². The minimum absolute atomic E-state index is 0.0424. The van der Waals surface area contributed by atoms with Gasteiger partial charge >= 0.3 is 6.18 Å². The number of hydrogen-bond acceptors (Lipinski definition) is 4. The van der Waals surface area contributed by atoms with E-state index in [1.165, 1.54) is 38.1 Å². The van der Waals surface area contributed by atoms with Crippen LogP contribution in [0.25, 0.3) is 0 Å². The number of anilines is 1. The average Bonchev–Trinajstić information content (AvgIpc) is 2.82. The van der Waals surface area contributed by atoms with E-state index in [9.17, 15) is 28.1 Å². The highest BCUT2D eigenvalue weighted by Gasteiger charge is 2.39. The van der Waals surface area contributed by atoms with Gasteiger partial charge in [0.25, 0.3) is 5.69 Å². The van der Waals surface area contributed by atoms with Crippen molar-refractivity contribution in [3.63, 3.8) is 0 Å². The van der Waals surface area contributed by atoms with Gasteiger partial charge in [0, 0.05) is 6.07 Å². The van der Waals surface area contributed by atoms with Gasteiger partial charge in [-0.3, -0.25) is 19.6 Å². The number of aromatic nitrogens is 2. The van der Waals surface area contributed by atoms with Crippen molar-refractivity contribution in [3.8, 4) is 0 Å². The third kappa shape index (κ3) is 3.73. The molecule has 11 heteroatoms. The van der Waals surface area contributed by atoms with E-state index in [2.05, 4.69) is 10.4 Å². The van der Waals surface area contributed by atoms with Gasteiger partial charge in [-0.2, -0.15) is 18.3 Å². The van der Waals surface area contributed by atoms with E-state index in [1.807, 2.05) is 0 Å². The third-order valence-electron chi connectivity index (χ3n) is 3.45. The Morgan fingerprint density at radius 3 is 2.52 bits per heavy atom. The van der Waals surface area contributed by atoms with Crippen molar-refractivity contribution in [2.45, 2.75) is 26.1 Å². The first-order valence-corrected chi connectivity index (χ1v) is 7.28. The van der Waals surface area contributed by atoms with E-state index < -0.39 is 33.8 Å². The predicted octanol–water partition coefficient (Wildman–Crippen LogP) is 3.97. The molecule has 7 nitrogen and oxygen atoms in total. The maximum absolute atomic E-state index is 12.9. The van der Waals surface area contributed by atoms with Crippen LogP contribution in [0.4, 0.5) is 24.5 Å². The number of carbonyl (C=O) groups excluding carboxylic acids is 1. The van der Waals surface area contributed by atoms with Crippen LogP contribution in [0.15, 0.2) is 24.3 Å². The molecule has 134 valence electrons. The lowest BCUT2D eigenvalue weighted by atomic mass is 10.2. The molecule has 1 aromatic heterocycles. The van der Waals surface area contributed by atoms with Crippen LogP contribution in [0.1, 0.15) is 24.4 Å². The highest BCUT2D eigenvalue weighted by atomic mass is 35.5. The number of nitro groups is 1. The van der Waals surface area contributed by atoms with Crippen molar-refractivity contribution in [3.05, 3.63) is 50.8 Å². The minimum Gasteiger partial charge on any atom is -0.319 e. The van der Waals surface area contributed by atoms with E-state index >= 15 is 0 Å². The van der Waals surface area contributed by atoms with Crippen LogP contribution in [0, 0.1) is 17.0 Å². The first-order chi connectivity index (χ1) is 11.5. The molecule has 0 bridgehead atoms. The van der Waals surface area contributed by atoms with E-state index in [0.717, 1.165) is 4.68 Å². The summed E-state index contributed by atoms with van der Waals surface area (Å²) in [6.45, 7) is 2.60. The van der Waals surface area contributed by atoms with Crippen molar-refractivity contribution in [2.75, 3.05) is 5.32 Å². The summed E-state index contributed by atoms with van der Waals surface area (Å²) in [4.78, 5) is 22.6. The lowest BCUT2D eigenvalue weighted by Gasteiger charge is -2.14. The predicted molar refractivity (Wildman–Crippen MR) is 83.4 cm³/mol. The summed E-state index contributed by atoms with van der Waals surface area (Å²) in [5, 5.41) is 16.0. The molecule has 0 radical (unpaired) electrons. The third-order valence-corrected chi connectivity index (χ3v) is 3.90. The van der Waals surface area contributed by atoms with E-state index in [1.54, 1.807) is 0 Å². The van der Waals surface area contributed by atoms with Gasteiger partial charge in [0.15, 0.2) is 5.69 Å². The lowest BCUT2D eigenvalue weighted by molar-refractivity contribution is -0.383. The van der Waals surface area contributed by atoms with Gasteiger partial charge in [-0.25, -0.2) is 0 Å². The van der Waals surface area contributed by atoms with Crippen molar-refractivity contribution in [2.24, 2.45) is 0 Å². The summed E-state index contributed by atoms with van der Waals surface area (Å²) in [7, 11) is 0. The van der Waals surface area contributed by atoms with Crippen LogP contribution in [0.3, 0.4) is 0 Å². The van der Waals surface area contributed by atoms with Crippen molar-refractivity contribution in [1.29, 1.82) is 0 Å². The molecule has 2 rings (SSSR count). The number of amides is 1. The maximum atomic E-state index is 12.9. The highest BCUT2D eigenvalue weighted by molar-refractivity contribution is 6.32. The molecule has 1 N–H and O–H groups in total. The Labute approximate surface area is 144 Å². The fraction of sp³-hybridized carbons (Fsp3) is 0.286. The summed E-state index contributed by atoms with van der Waals surface area (Å²) >= 11 is 5.65. The second-order valence-electron chi connectivity index (χ2n) is 5.13. The summed E-state index contributed by atoms with van der Waals surface area (Å²) in [5.41, 5.74) is -1.75. The van der Waals surface area contributed by atoms with Crippen molar-refractivity contribution >= 4 is 28.9 Å². The van der Waals surface area contributed by atoms with Crippen LogP contribution >= 0.6 is 11.6 Å². The van der Waals surface area contributed by atoms with E-state index in [-0.39, 0.29) is 17.1 Å². The molecule has 1 atom stereocenters. The Hall–Kier alpha value is -2.62. The van der Waals surface area contributed by atoms with Crippen LogP contribution in [0.5, 0.6) is 0 Å². The molecular formula is C14H12ClF3N4O3. The van der Waals surface area contributed by atoms with Crippen LogP contribution in [-0.4, -0.2) is 20.6 Å². The van der Waals surface area contributed by atoms with Gasteiger partial charge in [-0.1, -0.05) is 23.7 Å².